The Morgan fingerprint density at radius 1 is 1.65 bits per heavy atom. The number of nitrogens with one attached hydrogen (secondary N) is 2. The molecule has 23 heavy (non-hydrogen) atoms. The van der Waals surface area contributed by atoms with Crippen LogP contribution in [0.4, 0.5) is 4.39 Å². The highest BCUT2D eigenvalue weighted by Crippen LogP contribution is 2.29. The van der Waals surface area contributed by atoms with Crippen LogP contribution in [0, 0.1) is 0 Å². The second-order valence-corrected chi connectivity index (χ2v) is 5.89. The molecule has 0 saturated carbocycles. The van der Waals surface area contributed by atoms with Crippen LogP contribution in [0.5, 0.6) is 0 Å². The third-order valence-electron chi connectivity index (χ3n) is 4.07. The summed E-state index contributed by atoms with van der Waals surface area (Å²) < 4.78 is 19.2. The summed E-state index contributed by atoms with van der Waals surface area (Å²) in [5.41, 5.74) is 7.70. The first-order valence-electron chi connectivity index (χ1n) is 7.63. The number of halogens is 2. The summed E-state index contributed by atoms with van der Waals surface area (Å²) in [5.74, 6) is 1.26. The van der Waals surface area contributed by atoms with Gasteiger partial charge < -0.3 is 26.0 Å². The molecule has 0 amide bonds. The molecule has 1 aliphatic carbocycles. The zero-order valence-corrected chi connectivity index (χ0v) is 14.5. The smallest absolute Gasteiger partial charge is 0.123 e. The van der Waals surface area contributed by atoms with E-state index >= 15 is 0 Å². The van der Waals surface area contributed by atoms with Crippen LogP contribution in [-0.4, -0.2) is 44.4 Å². The van der Waals surface area contributed by atoms with Gasteiger partial charge in [-0.1, -0.05) is 11.6 Å². The Bertz CT molecular complexity index is 570. The fraction of sp³-hybridized carbons (Fsp3) is 0.500. The Hall–Kier alpha value is -1.82. The molecule has 128 valence electrons. The standard InChI is InChI=1S/C16H24ClFN4O/c1-10(12-8-11(18)4-5-14(12)23-3)22-7-6-21-16(19)13(22)9-15(17)20-2/h5,8-11,20-21H,4,6-7,19H2,1-3H3/b15-9-. The third kappa shape index (κ3) is 3.93. The highest BCUT2D eigenvalue weighted by atomic mass is 35.5. The van der Waals surface area contributed by atoms with Crippen LogP contribution in [-0.2, 0) is 4.74 Å². The number of hydrogen-bond donors (Lipinski definition) is 3. The van der Waals surface area contributed by atoms with Gasteiger partial charge in [0, 0.05) is 38.2 Å². The SMILES string of the molecule is CN/C(Cl)=C\C1=C(N)NCCN1C(C)C1=CC(F)CC=C1OC. The molecule has 1 aliphatic heterocycles. The molecular weight excluding hydrogens is 319 g/mol. The van der Waals surface area contributed by atoms with Crippen LogP contribution in [0.1, 0.15) is 13.3 Å². The van der Waals surface area contributed by atoms with Crippen LogP contribution in [0.3, 0.4) is 0 Å². The van der Waals surface area contributed by atoms with Crippen molar-refractivity contribution in [3.05, 3.63) is 46.2 Å². The average molecular weight is 343 g/mol. The molecule has 2 aliphatic rings. The summed E-state index contributed by atoms with van der Waals surface area (Å²) in [6.07, 6.45) is 4.55. The number of nitrogens with zero attached hydrogens (tertiary/aromatic N) is 1. The van der Waals surface area contributed by atoms with Gasteiger partial charge in [-0.15, -0.1) is 0 Å². The van der Waals surface area contributed by atoms with Gasteiger partial charge >= 0.3 is 0 Å². The van der Waals surface area contributed by atoms with Gasteiger partial charge in [0.05, 0.1) is 18.8 Å². The van der Waals surface area contributed by atoms with Crippen molar-refractivity contribution in [3.63, 3.8) is 0 Å². The van der Waals surface area contributed by atoms with E-state index in [1.54, 1.807) is 32.4 Å². The Kier molecular flexibility index (Phi) is 5.82. The first-order chi connectivity index (χ1) is 11.0. The molecular formula is C16H24ClFN4O. The molecule has 2 unspecified atom stereocenters. The van der Waals surface area contributed by atoms with E-state index < -0.39 is 6.17 Å². The molecule has 0 spiro atoms. The Balaban J connectivity index is 2.34. The van der Waals surface area contributed by atoms with Crippen molar-refractivity contribution >= 4 is 11.6 Å². The second kappa shape index (κ2) is 7.64. The van der Waals surface area contributed by atoms with Crippen molar-refractivity contribution in [1.82, 2.24) is 15.5 Å². The van der Waals surface area contributed by atoms with Crippen molar-refractivity contribution in [2.24, 2.45) is 5.73 Å². The van der Waals surface area contributed by atoms with Crippen molar-refractivity contribution in [2.75, 3.05) is 27.2 Å². The molecule has 0 fully saturated rings. The topological polar surface area (TPSA) is 62.5 Å². The minimum atomic E-state index is -0.990. The van der Waals surface area contributed by atoms with Gasteiger partial charge in [0.2, 0.25) is 0 Å². The van der Waals surface area contributed by atoms with E-state index in [0.717, 1.165) is 17.8 Å². The zero-order chi connectivity index (χ0) is 17.0. The van der Waals surface area contributed by atoms with Crippen LogP contribution < -0.4 is 16.4 Å². The minimum absolute atomic E-state index is 0.0898. The van der Waals surface area contributed by atoms with Crippen molar-refractivity contribution < 1.29 is 9.13 Å². The summed E-state index contributed by atoms with van der Waals surface area (Å²) >= 11 is 6.09. The quantitative estimate of drug-likeness (QED) is 0.666. The number of methoxy groups -OCH3 is 1. The molecule has 0 aromatic carbocycles. The zero-order valence-electron chi connectivity index (χ0n) is 13.7. The van der Waals surface area contributed by atoms with Gasteiger partial charge in [-0.2, -0.15) is 0 Å². The maximum absolute atomic E-state index is 13.8. The van der Waals surface area contributed by atoms with Gasteiger partial charge in [0.15, 0.2) is 0 Å². The molecule has 0 bridgehead atoms. The number of rotatable bonds is 5. The number of nitrogens with two attached hydrogens (primary N) is 1. The molecule has 1 heterocycles. The second-order valence-electron chi connectivity index (χ2n) is 5.48. The number of alkyl halides is 1. The summed E-state index contributed by atoms with van der Waals surface area (Å²) in [6, 6.07) is -0.0898. The first-order valence-corrected chi connectivity index (χ1v) is 8.01. The van der Waals surface area contributed by atoms with Crippen molar-refractivity contribution in [1.29, 1.82) is 0 Å². The monoisotopic (exact) mass is 342 g/mol. The van der Waals surface area contributed by atoms with Crippen molar-refractivity contribution in [3.8, 4) is 0 Å². The molecule has 0 saturated heterocycles. The van der Waals surface area contributed by atoms with E-state index in [1.165, 1.54) is 0 Å². The van der Waals surface area contributed by atoms with E-state index in [4.69, 9.17) is 22.1 Å². The largest absolute Gasteiger partial charge is 0.497 e. The Morgan fingerprint density at radius 3 is 3.04 bits per heavy atom. The molecule has 2 atom stereocenters. The lowest BCUT2D eigenvalue weighted by Gasteiger charge is -2.38. The lowest BCUT2D eigenvalue weighted by Crippen LogP contribution is -2.46. The van der Waals surface area contributed by atoms with Crippen LogP contribution in [0.15, 0.2) is 46.2 Å². The lowest BCUT2D eigenvalue weighted by atomic mass is 9.96. The van der Waals surface area contributed by atoms with Crippen LogP contribution in [0.2, 0.25) is 0 Å². The predicted molar refractivity (Wildman–Crippen MR) is 91.1 cm³/mol. The summed E-state index contributed by atoms with van der Waals surface area (Å²) in [7, 11) is 3.34. The van der Waals surface area contributed by atoms with Crippen LogP contribution >= 0.6 is 11.6 Å². The predicted octanol–water partition coefficient (Wildman–Crippen LogP) is 1.91. The van der Waals surface area contributed by atoms with E-state index in [9.17, 15) is 4.39 Å². The Morgan fingerprint density at radius 2 is 2.39 bits per heavy atom. The first kappa shape index (κ1) is 17.5. The molecule has 0 aromatic rings. The average Bonchev–Trinajstić information content (AvgIpc) is 2.55. The van der Waals surface area contributed by atoms with Crippen LogP contribution in [0.25, 0.3) is 0 Å². The molecule has 0 radical (unpaired) electrons. The molecule has 5 nitrogen and oxygen atoms in total. The molecule has 7 heteroatoms. The molecule has 2 rings (SSSR count). The summed E-state index contributed by atoms with van der Waals surface area (Å²) in [4.78, 5) is 2.10. The lowest BCUT2D eigenvalue weighted by molar-refractivity contribution is 0.243. The van der Waals surface area contributed by atoms with Gasteiger partial charge in [0.25, 0.3) is 0 Å². The normalized spacial score (nSPS) is 23.8. The van der Waals surface area contributed by atoms with E-state index in [2.05, 4.69) is 15.5 Å². The van der Waals surface area contributed by atoms with Crippen molar-refractivity contribution in [2.45, 2.75) is 25.6 Å². The summed E-state index contributed by atoms with van der Waals surface area (Å²) in [5, 5.41) is 6.48. The number of ether oxygens (including phenoxy) is 1. The third-order valence-corrected chi connectivity index (χ3v) is 4.36. The van der Waals surface area contributed by atoms with E-state index in [0.29, 0.717) is 29.7 Å². The molecule has 4 N–H and O–H groups in total. The van der Waals surface area contributed by atoms with Gasteiger partial charge in [-0.3, -0.25) is 0 Å². The fourth-order valence-electron chi connectivity index (χ4n) is 2.83. The number of hydrogen-bond acceptors (Lipinski definition) is 5. The van der Waals surface area contributed by atoms with E-state index in [1.807, 2.05) is 6.92 Å². The maximum atomic E-state index is 13.8. The maximum Gasteiger partial charge on any atom is 0.123 e. The highest BCUT2D eigenvalue weighted by molar-refractivity contribution is 6.29. The van der Waals surface area contributed by atoms with Gasteiger partial charge in [-0.05, 0) is 19.1 Å². The molecule has 0 aromatic heterocycles. The summed E-state index contributed by atoms with van der Waals surface area (Å²) in [6.45, 7) is 3.45. The number of allylic oxidation sites excluding steroid dienone is 3. The van der Waals surface area contributed by atoms with Gasteiger partial charge in [0.1, 0.15) is 22.9 Å². The highest BCUT2D eigenvalue weighted by Gasteiger charge is 2.28. The van der Waals surface area contributed by atoms with Gasteiger partial charge in [-0.25, -0.2) is 4.39 Å². The fourth-order valence-corrected chi connectivity index (χ4v) is 2.93. The minimum Gasteiger partial charge on any atom is -0.497 e. The van der Waals surface area contributed by atoms with E-state index in [-0.39, 0.29) is 6.04 Å². The Labute approximate surface area is 141 Å².